The van der Waals surface area contributed by atoms with E-state index < -0.39 is 0 Å². The third kappa shape index (κ3) is 15.5. The molecule has 6 heteroatoms. The van der Waals surface area contributed by atoms with Gasteiger partial charge in [-0.15, -0.1) is 0 Å². The van der Waals surface area contributed by atoms with Crippen LogP contribution >= 0.6 is 35.3 Å². The molecule has 0 unspecified atom stereocenters. The van der Waals surface area contributed by atoms with Gasteiger partial charge in [0.05, 0.1) is 13.1 Å². The Balaban J connectivity index is 0.00000122. The summed E-state index contributed by atoms with van der Waals surface area (Å²) in [6.07, 6.45) is 11.7. The van der Waals surface area contributed by atoms with Crippen LogP contribution in [0, 0.1) is 0 Å². The van der Waals surface area contributed by atoms with Gasteiger partial charge < -0.3 is 5.32 Å². The van der Waals surface area contributed by atoms with Crippen molar-refractivity contribution in [1.82, 2.24) is 5.32 Å². The minimum atomic E-state index is -0.143. The molecule has 0 heterocycles. The Labute approximate surface area is 199 Å². The van der Waals surface area contributed by atoms with Crippen LogP contribution in [-0.2, 0) is 15.9 Å². The van der Waals surface area contributed by atoms with Crippen molar-refractivity contribution in [3.05, 3.63) is 83.9 Å². The summed E-state index contributed by atoms with van der Waals surface area (Å²) >= 11 is 4.85. The van der Waals surface area contributed by atoms with Crippen molar-refractivity contribution < 1.29 is 15.9 Å². The first-order valence-electron chi connectivity index (χ1n) is 9.12. The second-order valence-corrected chi connectivity index (χ2v) is 45.3. The number of allylic oxidation sites excluding steroid dienone is 2. The molecule has 0 aliphatic carbocycles. The second kappa shape index (κ2) is 19.9. The zero-order valence-electron chi connectivity index (χ0n) is 15.9. The van der Waals surface area contributed by atoms with Crippen LogP contribution in [-0.4, -0.2) is 38.6 Å². The fourth-order valence-corrected chi connectivity index (χ4v) is 2.12. The number of rotatable bonds is 10. The van der Waals surface area contributed by atoms with Gasteiger partial charge in [0.25, 0.3) is 0 Å². The summed E-state index contributed by atoms with van der Waals surface area (Å²) in [4.78, 5) is 8.69. The Morgan fingerprint density at radius 1 is 0.714 bits per heavy atom. The Bertz CT molecular complexity index is 656. The van der Waals surface area contributed by atoms with Crippen LogP contribution in [0.1, 0.15) is 11.1 Å². The maximum absolute atomic E-state index is 4.34. The van der Waals surface area contributed by atoms with Gasteiger partial charge in [0.15, 0.2) is 0 Å². The summed E-state index contributed by atoms with van der Waals surface area (Å²) in [5.74, 6) is 0. The topological polar surface area (TPSA) is 36.8 Å². The molecule has 2 aromatic rings. The van der Waals surface area contributed by atoms with Gasteiger partial charge >= 0.3 is 51.2 Å². The second-order valence-electron chi connectivity index (χ2n) is 5.50. The zero-order chi connectivity index (χ0) is 20.1. The number of nitrogens with zero attached hydrogens (tertiary/aromatic N) is 2. The van der Waals surface area contributed by atoms with Crippen LogP contribution in [0.2, 0.25) is 0 Å². The van der Waals surface area contributed by atoms with Gasteiger partial charge in [-0.05, 0) is 23.3 Å². The molecule has 0 saturated carbocycles. The van der Waals surface area contributed by atoms with Crippen molar-refractivity contribution in [2.45, 2.75) is 0 Å². The SMILES string of the molecule is C(/C=C/c1ccccc1)=NCCNCCN=C/C=C/c1ccccc1.[I][Hg][I]. The summed E-state index contributed by atoms with van der Waals surface area (Å²) in [5, 5.41) is 3.33. The molecule has 0 aromatic heterocycles. The molecule has 28 heavy (non-hydrogen) atoms. The van der Waals surface area contributed by atoms with Gasteiger partial charge in [0.2, 0.25) is 0 Å². The molecule has 0 spiro atoms. The van der Waals surface area contributed by atoms with E-state index in [2.05, 4.69) is 87.0 Å². The summed E-state index contributed by atoms with van der Waals surface area (Å²) in [7, 11) is 0. The van der Waals surface area contributed by atoms with Gasteiger partial charge in [-0.1, -0.05) is 72.8 Å². The summed E-state index contributed by atoms with van der Waals surface area (Å²) in [6, 6.07) is 20.4. The summed E-state index contributed by atoms with van der Waals surface area (Å²) < 4.78 is 0. The molecule has 0 radical (unpaired) electrons. The van der Waals surface area contributed by atoms with E-state index in [1.54, 1.807) is 0 Å². The fourth-order valence-electron chi connectivity index (χ4n) is 2.12. The first-order chi connectivity index (χ1) is 13.9. The van der Waals surface area contributed by atoms with E-state index in [4.69, 9.17) is 0 Å². The van der Waals surface area contributed by atoms with Gasteiger partial charge in [-0.2, -0.15) is 0 Å². The average Bonchev–Trinajstić information content (AvgIpc) is 2.73. The first-order valence-corrected chi connectivity index (χ1v) is 40.1. The van der Waals surface area contributed by atoms with E-state index in [0.717, 1.165) is 26.2 Å². The van der Waals surface area contributed by atoms with Crippen LogP contribution in [0.25, 0.3) is 12.2 Å². The molecule has 2 aromatic carbocycles. The molecular formula is C22H25HgI2N3. The molecule has 0 saturated heterocycles. The molecule has 144 valence electrons. The number of halogens is 2. The van der Waals surface area contributed by atoms with Crippen molar-refractivity contribution in [2.75, 3.05) is 26.2 Å². The Hall–Kier alpha value is -0.385. The molecule has 0 aliphatic rings. The number of hydrogen-bond acceptors (Lipinski definition) is 3. The van der Waals surface area contributed by atoms with E-state index in [1.807, 2.05) is 61.0 Å². The van der Waals surface area contributed by atoms with Crippen LogP contribution in [0.3, 0.4) is 0 Å². The van der Waals surface area contributed by atoms with E-state index in [-0.39, 0.29) is 15.9 Å². The predicted molar refractivity (Wildman–Crippen MR) is 139 cm³/mol. The van der Waals surface area contributed by atoms with Crippen molar-refractivity contribution >= 4 is 59.9 Å². The third-order valence-electron chi connectivity index (χ3n) is 3.39. The normalized spacial score (nSPS) is 11.2. The Morgan fingerprint density at radius 2 is 1.11 bits per heavy atom. The fraction of sp³-hybridized carbons (Fsp3) is 0.182. The van der Waals surface area contributed by atoms with E-state index in [0.29, 0.717) is 0 Å². The molecule has 3 nitrogen and oxygen atoms in total. The molecule has 0 amide bonds. The van der Waals surface area contributed by atoms with Crippen molar-refractivity contribution in [3.63, 3.8) is 0 Å². The van der Waals surface area contributed by atoms with Crippen molar-refractivity contribution in [3.8, 4) is 0 Å². The quantitative estimate of drug-likeness (QED) is 0.138. The molecule has 2 rings (SSSR count). The summed E-state index contributed by atoms with van der Waals surface area (Å²) in [5.41, 5.74) is 2.37. The van der Waals surface area contributed by atoms with Gasteiger partial charge in [-0.25, -0.2) is 0 Å². The van der Waals surface area contributed by atoms with Gasteiger partial charge in [-0.3, -0.25) is 9.98 Å². The molecule has 1 N–H and O–H groups in total. The number of hydrogen-bond donors (Lipinski definition) is 1. The average molecular weight is 786 g/mol. The minimum absolute atomic E-state index is 0.143. The van der Waals surface area contributed by atoms with E-state index >= 15 is 0 Å². The molecule has 0 atom stereocenters. The standard InChI is InChI=1S/C22H25N3.Hg.2HI/c1-3-9-21(10-4-1)13-7-15-23-17-19-25-20-18-24-16-8-14-22-11-5-2-6-12-22;;;/h1-16,25H,17-20H2;;2*1H/q;+2;;/p-2/b13-7+,14-8+,23-15?,24-16?;;;. The van der Waals surface area contributed by atoms with Crippen LogP contribution in [0.15, 0.2) is 82.8 Å². The predicted octanol–water partition coefficient (Wildman–Crippen LogP) is 5.91. The molecule has 0 bridgehead atoms. The summed E-state index contributed by atoms with van der Waals surface area (Å²) in [6.45, 7) is 3.28. The van der Waals surface area contributed by atoms with Crippen molar-refractivity contribution in [2.24, 2.45) is 9.98 Å². The van der Waals surface area contributed by atoms with Crippen molar-refractivity contribution in [1.29, 1.82) is 0 Å². The van der Waals surface area contributed by atoms with Crippen LogP contribution < -0.4 is 5.32 Å². The van der Waals surface area contributed by atoms with E-state index in [9.17, 15) is 0 Å². The molecule has 0 fully saturated rings. The number of aliphatic imine (C=N–C) groups is 2. The molecule has 0 aliphatic heterocycles. The zero-order valence-corrected chi connectivity index (χ0v) is 25.7. The van der Waals surface area contributed by atoms with Crippen LogP contribution in [0.5, 0.6) is 0 Å². The number of nitrogens with one attached hydrogen (secondary N) is 1. The Kier molecular flexibility index (Phi) is 18.2. The monoisotopic (exact) mass is 787 g/mol. The maximum atomic E-state index is 4.34. The van der Waals surface area contributed by atoms with Gasteiger partial charge in [0.1, 0.15) is 0 Å². The third-order valence-corrected chi connectivity index (χ3v) is 3.39. The Morgan fingerprint density at radius 3 is 1.50 bits per heavy atom. The number of benzene rings is 2. The van der Waals surface area contributed by atoms with E-state index in [1.165, 1.54) is 11.1 Å². The molecular weight excluding hydrogens is 761 g/mol. The van der Waals surface area contributed by atoms with Crippen LogP contribution in [0.4, 0.5) is 0 Å². The first kappa shape index (κ1) is 25.7. The van der Waals surface area contributed by atoms with Gasteiger partial charge in [0, 0.05) is 25.5 Å².